The summed E-state index contributed by atoms with van der Waals surface area (Å²) in [5, 5.41) is 19.4. The van der Waals surface area contributed by atoms with Crippen molar-refractivity contribution in [3.05, 3.63) is 94.5 Å². The van der Waals surface area contributed by atoms with Crippen molar-refractivity contribution in [3.8, 4) is 17.6 Å². The van der Waals surface area contributed by atoms with Gasteiger partial charge in [0.1, 0.15) is 6.10 Å². The number of aliphatic hydroxyl groups excluding tert-OH is 1. The number of carbonyl (C=O) groups is 1. The van der Waals surface area contributed by atoms with Crippen molar-refractivity contribution >= 4 is 5.78 Å². The first-order chi connectivity index (χ1) is 14.1. The fourth-order valence-corrected chi connectivity index (χ4v) is 3.21. The molecule has 0 aliphatic carbocycles. The van der Waals surface area contributed by atoms with Crippen LogP contribution in [0.15, 0.2) is 66.7 Å². The van der Waals surface area contributed by atoms with Crippen LogP contribution < -0.4 is 9.47 Å². The lowest BCUT2D eigenvalue weighted by Crippen LogP contribution is -2.14. The third kappa shape index (κ3) is 4.29. The highest BCUT2D eigenvalue weighted by molar-refractivity contribution is 6.03. The standard InChI is InChI=1S/C24H21NO4/c1-28-23-19(14-16-8-10-17(15-25)11-9-16)12-13-20(24(23)29-2)22(27)21(26)18-6-4-3-5-7-18/h3-13,21,26H,14H2,1-2H3. The second-order valence-electron chi connectivity index (χ2n) is 6.50. The molecule has 1 unspecified atom stereocenters. The van der Waals surface area contributed by atoms with Crippen LogP contribution in [-0.4, -0.2) is 25.1 Å². The highest BCUT2D eigenvalue weighted by atomic mass is 16.5. The number of nitriles is 1. The van der Waals surface area contributed by atoms with E-state index in [1.54, 1.807) is 48.5 Å². The summed E-state index contributed by atoms with van der Waals surface area (Å²) in [5.74, 6) is 0.276. The molecule has 5 nitrogen and oxygen atoms in total. The fourth-order valence-electron chi connectivity index (χ4n) is 3.21. The second-order valence-corrected chi connectivity index (χ2v) is 6.50. The van der Waals surface area contributed by atoms with E-state index in [0.717, 1.165) is 11.1 Å². The Hall–Kier alpha value is -3.62. The molecule has 0 amide bonds. The van der Waals surface area contributed by atoms with Crippen LogP contribution in [0.1, 0.15) is 38.7 Å². The quantitative estimate of drug-likeness (QED) is 0.618. The van der Waals surface area contributed by atoms with E-state index in [1.807, 2.05) is 18.2 Å². The average Bonchev–Trinajstić information content (AvgIpc) is 2.78. The van der Waals surface area contributed by atoms with Crippen molar-refractivity contribution in [3.63, 3.8) is 0 Å². The Bertz CT molecular complexity index is 1040. The van der Waals surface area contributed by atoms with Crippen molar-refractivity contribution in [2.75, 3.05) is 14.2 Å². The fraction of sp³-hybridized carbons (Fsp3) is 0.167. The summed E-state index contributed by atoms with van der Waals surface area (Å²) in [6, 6.07) is 21.6. The van der Waals surface area contributed by atoms with Gasteiger partial charge >= 0.3 is 0 Å². The molecule has 0 spiro atoms. The first-order valence-electron chi connectivity index (χ1n) is 9.09. The molecule has 3 rings (SSSR count). The van der Waals surface area contributed by atoms with Gasteiger partial charge in [-0.15, -0.1) is 0 Å². The number of hydrogen-bond acceptors (Lipinski definition) is 5. The zero-order valence-electron chi connectivity index (χ0n) is 16.3. The van der Waals surface area contributed by atoms with Crippen LogP contribution in [0.3, 0.4) is 0 Å². The summed E-state index contributed by atoms with van der Waals surface area (Å²) in [5.41, 5.74) is 3.19. The van der Waals surface area contributed by atoms with E-state index in [1.165, 1.54) is 14.2 Å². The molecule has 0 saturated heterocycles. The Kier molecular flexibility index (Phi) is 6.28. The van der Waals surface area contributed by atoms with Gasteiger partial charge in [-0.2, -0.15) is 5.26 Å². The molecule has 0 saturated carbocycles. The summed E-state index contributed by atoms with van der Waals surface area (Å²) >= 11 is 0. The van der Waals surface area contributed by atoms with Crippen molar-refractivity contribution in [1.82, 2.24) is 0 Å². The van der Waals surface area contributed by atoms with Gasteiger partial charge in [-0.1, -0.05) is 48.5 Å². The Morgan fingerprint density at radius 1 is 0.966 bits per heavy atom. The number of carbonyl (C=O) groups excluding carboxylic acids is 1. The molecule has 0 aliphatic heterocycles. The first kappa shape index (κ1) is 20.1. The third-order valence-corrected chi connectivity index (χ3v) is 4.71. The molecular weight excluding hydrogens is 366 g/mol. The number of nitrogens with zero attached hydrogens (tertiary/aromatic N) is 1. The second kappa shape index (κ2) is 9.05. The lowest BCUT2D eigenvalue weighted by molar-refractivity contribution is 0.0743. The highest BCUT2D eigenvalue weighted by Gasteiger charge is 2.26. The summed E-state index contributed by atoms with van der Waals surface area (Å²) in [7, 11) is 2.98. The number of aliphatic hydroxyl groups is 1. The summed E-state index contributed by atoms with van der Waals surface area (Å²) in [4.78, 5) is 12.9. The minimum Gasteiger partial charge on any atom is -0.493 e. The molecular formula is C24H21NO4. The van der Waals surface area contributed by atoms with E-state index < -0.39 is 11.9 Å². The van der Waals surface area contributed by atoms with Crippen LogP contribution in [0.4, 0.5) is 0 Å². The zero-order chi connectivity index (χ0) is 20.8. The van der Waals surface area contributed by atoms with E-state index in [2.05, 4.69) is 6.07 Å². The number of rotatable bonds is 7. The molecule has 5 heteroatoms. The highest BCUT2D eigenvalue weighted by Crippen LogP contribution is 2.38. The summed E-state index contributed by atoms with van der Waals surface area (Å²) < 4.78 is 11.0. The predicted octanol–water partition coefficient (Wildman–Crippen LogP) is 4.08. The number of Topliss-reactive ketones (excluding diaryl/α,β-unsaturated/α-hetero) is 1. The van der Waals surface area contributed by atoms with E-state index in [9.17, 15) is 9.90 Å². The minimum absolute atomic E-state index is 0.254. The van der Waals surface area contributed by atoms with Gasteiger partial charge in [0.2, 0.25) is 0 Å². The lowest BCUT2D eigenvalue weighted by Gasteiger charge is -2.18. The minimum atomic E-state index is -1.29. The van der Waals surface area contributed by atoms with Crippen LogP contribution in [0.5, 0.6) is 11.5 Å². The van der Waals surface area contributed by atoms with Gasteiger partial charge in [0, 0.05) is 12.0 Å². The van der Waals surface area contributed by atoms with Crippen molar-refractivity contribution < 1.29 is 19.4 Å². The van der Waals surface area contributed by atoms with Gasteiger partial charge < -0.3 is 14.6 Å². The van der Waals surface area contributed by atoms with Crippen molar-refractivity contribution in [1.29, 1.82) is 5.26 Å². The molecule has 0 aromatic heterocycles. The van der Waals surface area contributed by atoms with Crippen LogP contribution >= 0.6 is 0 Å². The molecule has 3 aromatic rings. The number of ketones is 1. The average molecular weight is 387 g/mol. The van der Waals surface area contributed by atoms with Gasteiger partial charge in [-0.25, -0.2) is 0 Å². The van der Waals surface area contributed by atoms with Gasteiger partial charge in [-0.3, -0.25) is 4.79 Å². The first-order valence-corrected chi connectivity index (χ1v) is 9.09. The number of ether oxygens (including phenoxy) is 2. The molecule has 0 heterocycles. The van der Waals surface area contributed by atoms with Crippen LogP contribution in [0.2, 0.25) is 0 Å². The Labute approximate surface area is 169 Å². The number of hydrogen-bond donors (Lipinski definition) is 1. The molecule has 146 valence electrons. The Balaban J connectivity index is 1.96. The Morgan fingerprint density at radius 3 is 2.21 bits per heavy atom. The molecule has 0 aliphatic rings. The normalized spacial score (nSPS) is 11.4. The maximum Gasteiger partial charge on any atom is 0.199 e. The van der Waals surface area contributed by atoms with Crippen LogP contribution in [0, 0.1) is 11.3 Å². The molecule has 1 atom stereocenters. The van der Waals surface area contributed by atoms with Crippen LogP contribution in [-0.2, 0) is 6.42 Å². The predicted molar refractivity (Wildman–Crippen MR) is 109 cm³/mol. The smallest absolute Gasteiger partial charge is 0.199 e. The largest absolute Gasteiger partial charge is 0.493 e. The molecule has 0 radical (unpaired) electrons. The van der Waals surface area contributed by atoms with E-state index in [-0.39, 0.29) is 5.56 Å². The molecule has 3 aromatic carbocycles. The van der Waals surface area contributed by atoms with E-state index in [0.29, 0.717) is 29.0 Å². The number of methoxy groups -OCH3 is 2. The molecule has 29 heavy (non-hydrogen) atoms. The van der Waals surface area contributed by atoms with Crippen molar-refractivity contribution in [2.45, 2.75) is 12.5 Å². The van der Waals surface area contributed by atoms with Gasteiger partial charge in [0.15, 0.2) is 17.3 Å². The molecule has 0 fully saturated rings. The van der Waals surface area contributed by atoms with E-state index in [4.69, 9.17) is 14.7 Å². The maximum absolute atomic E-state index is 12.9. The Morgan fingerprint density at radius 2 is 1.62 bits per heavy atom. The molecule has 0 bridgehead atoms. The maximum atomic E-state index is 12.9. The summed E-state index contributed by atoms with van der Waals surface area (Å²) in [6.07, 6.45) is -0.750. The van der Waals surface area contributed by atoms with E-state index >= 15 is 0 Å². The SMILES string of the molecule is COc1c(Cc2ccc(C#N)cc2)ccc(C(=O)C(O)c2ccccc2)c1OC. The van der Waals surface area contributed by atoms with Gasteiger partial charge in [0.25, 0.3) is 0 Å². The zero-order valence-corrected chi connectivity index (χ0v) is 16.3. The van der Waals surface area contributed by atoms with Crippen LogP contribution in [0.25, 0.3) is 0 Å². The lowest BCUT2D eigenvalue weighted by atomic mass is 9.95. The van der Waals surface area contributed by atoms with Gasteiger partial charge in [0.05, 0.1) is 31.4 Å². The van der Waals surface area contributed by atoms with Gasteiger partial charge in [-0.05, 0) is 29.3 Å². The monoisotopic (exact) mass is 387 g/mol. The van der Waals surface area contributed by atoms with Crippen molar-refractivity contribution in [2.24, 2.45) is 0 Å². The molecule has 1 N–H and O–H groups in total. The summed E-state index contributed by atoms with van der Waals surface area (Å²) in [6.45, 7) is 0. The third-order valence-electron chi connectivity index (χ3n) is 4.71. The number of benzene rings is 3. The topological polar surface area (TPSA) is 79.5 Å².